The second kappa shape index (κ2) is 8.46. The minimum Gasteiger partial charge on any atom is -0.507 e. The molecule has 0 aromatic heterocycles. The highest BCUT2D eigenvalue weighted by Gasteiger charge is 2.67. The third kappa shape index (κ3) is 3.24. The molecule has 0 aliphatic carbocycles. The van der Waals surface area contributed by atoms with Crippen LogP contribution in [0.5, 0.6) is 0 Å². The predicted octanol–water partition coefficient (Wildman–Crippen LogP) is 3.42. The molecule has 0 radical (unpaired) electrons. The van der Waals surface area contributed by atoms with E-state index in [9.17, 15) is 23.9 Å². The minimum atomic E-state index is -1.90. The number of hydrogen-bond donors (Lipinski definition) is 1. The Hall–Kier alpha value is -3.78. The summed E-state index contributed by atoms with van der Waals surface area (Å²) in [5.74, 6) is -3.63. The lowest BCUT2D eigenvalue weighted by Gasteiger charge is -2.35. The van der Waals surface area contributed by atoms with Crippen molar-refractivity contribution in [1.29, 1.82) is 0 Å². The highest BCUT2D eigenvalue weighted by atomic mass is 19.1. The first-order chi connectivity index (χ1) is 16.8. The number of aliphatic hydroxyl groups excluding tert-OH is 1. The van der Waals surface area contributed by atoms with E-state index >= 15 is 0 Å². The number of hydrogen-bond acceptors (Lipinski definition) is 5. The summed E-state index contributed by atoms with van der Waals surface area (Å²) < 4.78 is 20.1. The number of para-hydroxylation sites is 1. The van der Waals surface area contributed by atoms with Crippen molar-refractivity contribution in [2.75, 3.05) is 24.6 Å². The van der Waals surface area contributed by atoms with E-state index in [2.05, 4.69) is 6.58 Å². The fourth-order valence-corrected chi connectivity index (χ4v) is 5.30. The standard InChI is InChI=1S/C27H25FN2O5/c1-3-12-29-21-9-5-4-8-19(21)27(26(29)34)22(23(31)17-11-10-16(2)20(28)14-17)24(32)25(33)30(27)15-18-7-6-13-35-18/h3-5,8-11,14,18,31H,1,6-7,12-13,15H2,2H3/t18-,27+/m1/s1. The number of Topliss-reactive ketones (excluding diaryl/α,β-unsaturated/α-hetero) is 1. The van der Waals surface area contributed by atoms with Gasteiger partial charge in [0.15, 0.2) is 5.54 Å². The zero-order chi connectivity index (χ0) is 24.9. The van der Waals surface area contributed by atoms with Crippen molar-refractivity contribution < 1.29 is 28.6 Å². The van der Waals surface area contributed by atoms with Crippen LogP contribution < -0.4 is 4.90 Å². The van der Waals surface area contributed by atoms with Gasteiger partial charge < -0.3 is 19.6 Å². The smallest absolute Gasteiger partial charge is 0.296 e. The van der Waals surface area contributed by atoms with Crippen LogP contribution in [-0.4, -0.2) is 53.4 Å². The maximum absolute atomic E-state index is 14.4. The molecule has 1 spiro atoms. The first-order valence-corrected chi connectivity index (χ1v) is 11.5. The van der Waals surface area contributed by atoms with Crippen LogP contribution in [0.15, 0.2) is 60.7 Å². The van der Waals surface area contributed by atoms with E-state index < -0.39 is 34.7 Å². The Balaban J connectivity index is 1.80. The second-order valence-electron chi connectivity index (χ2n) is 9.00. The Kier molecular flexibility index (Phi) is 5.56. The third-order valence-corrected chi connectivity index (χ3v) is 6.98. The molecule has 35 heavy (non-hydrogen) atoms. The molecule has 5 rings (SSSR count). The largest absolute Gasteiger partial charge is 0.507 e. The van der Waals surface area contributed by atoms with Crippen LogP contribution in [0.1, 0.15) is 29.5 Å². The van der Waals surface area contributed by atoms with Crippen LogP contribution >= 0.6 is 0 Å². The summed E-state index contributed by atoms with van der Waals surface area (Å²) in [6, 6.07) is 10.9. The highest BCUT2D eigenvalue weighted by molar-refractivity contribution is 6.50. The molecule has 2 fully saturated rings. The number of carbonyl (C=O) groups is 3. The number of nitrogens with zero attached hydrogens (tertiary/aromatic N) is 2. The van der Waals surface area contributed by atoms with Crippen molar-refractivity contribution >= 4 is 29.0 Å². The van der Waals surface area contributed by atoms with Crippen molar-refractivity contribution in [1.82, 2.24) is 4.90 Å². The van der Waals surface area contributed by atoms with E-state index in [0.29, 0.717) is 29.8 Å². The molecule has 0 unspecified atom stereocenters. The Morgan fingerprint density at radius 3 is 2.71 bits per heavy atom. The summed E-state index contributed by atoms with van der Waals surface area (Å²) >= 11 is 0. The number of rotatable bonds is 5. The molecular weight excluding hydrogens is 451 g/mol. The molecule has 2 aromatic rings. The maximum Gasteiger partial charge on any atom is 0.296 e. The van der Waals surface area contributed by atoms with Gasteiger partial charge in [-0.2, -0.15) is 0 Å². The van der Waals surface area contributed by atoms with Gasteiger partial charge in [0, 0.05) is 30.8 Å². The van der Waals surface area contributed by atoms with E-state index in [-0.39, 0.29) is 30.3 Å². The molecule has 2 aromatic carbocycles. The summed E-state index contributed by atoms with van der Waals surface area (Å²) in [6.45, 7) is 5.98. The lowest BCUT2D eigenvalue weighted by Crippen LogP contribution is -2.53. The van der Waals surface area contributed by atoms with Crippen LogP contribution in [0.4, 0.5) is 10.1 Å². The molecule has 180 valence electrons. The molecule has 3 aliphatic rings. The molecule has 0 saturated carbocycles. The van der Waals surface area contributed by atoms with Gasteiger partial charge in [-0.15, -0.1) is 6.58 Å². The van der Waals surface area contributed by atoms with Crippen LogP contribution in [0.2, 0.25) is 0 Å². The summed E-state index contributed by atoms with van der Waals surface area (Å²) in [6.07, 6.45) is 2.68. The Bertz CT molecular complexity index is 1300. The zero-order valence-electron chi connectivity index (χ0n) is 19.3. The number of carbonyl (C=O) groups excluding carboxylic acids is 3. The number of benzene rings is 2. The Labute approximate surface area is 202 Å². The van der Waals surface area contributed by atoms with Gasteiger partial charge in [-0.3, -0.25) is 14.4 Å². The van der Waals surface area contributed by atoms with Gasteiger partial charge >= 0.3 is 0 Å². The second-order valence-corrected chi connectivity index (χ2v) is 9.00. The van der Waals surface area contributed by atoms with Gasteiger partial charge in [-0.1, -0.05) is 36.4 Å². The molecule has 3 heterocycles. The molecular formula is C27H25FN2O5. The fourth-order valence-electron chi connectivity index (χ4n) is 5.30. The number of aliphatic hydroxyl groups is 1. The first-order valence-electron chi connectivity index (χ1n) is 11.5. The average Bonchev–Trinajstić information content (AvgIpc) is 3.51. The Morgan fingerprint density at radius 2 is 2.03 bits per heavy atom. The molecule has 0 bridgehead atoms. The van der Waals surface area contributed by atoms with Gasteiger partial charge in [-0.05, 0) is 37.5 Å². The summed E-state index contributed by atoms with van der Waals surface area (Å²) in [5.41, 5.74) is -0.987. The van der Waals surface area contributed by atoms with Gasteiger partial charge in [0.25, 0.3) is 17.6 Å². The third-order valence-electron chi connectivity index (χ3n) is 6.98. The van der Waals surface area contributed by atoms with Gasteiger partial charge in [-0.25, -0.2) is 4.39 Å². The van der Waals surface area contributed by atoms with E-state index in [0.717, 1.165) is 12.5 Å². The minimum absolute atomic E-state index is 0.00557. The molecule has 7 nitrogen and oxygen atoms in total. The monoisotopic (exact) mass is 476 g/mol. The molecule has 2 saturated heterocycles. The summed E-state index contributed by atoms with van der Waals surface area (Å²) in [4.78, 5) is 43.8. The fraction of sp³-hybridized carbons (Fsp3) is 0.296. The topological polar surface area (TPSA) is 87.2 Å². The summed E-state index contributed by atoms with van der Waals surface area (Å²) in [5, 5.41) is 11.4. The first kappa shape index (κ1) is 23.0. The normalized spacial score (nSPS) is 25.1. The molecule has 8 heteroatoms. The van der Waals surface area contributed by atoms with Crippen LogP contribution in [0.25, 0.3) is 5.76 Å². The number of aryl methyl sites for hydroxylation is 1. The quantitative estimate of drug-likeness (QED) is 0.309. The number of fused-ring (bicyclic) bond motifs is 2. The number of ether oxygens (including phenoxy) is 1. The van der Waals surface area contributed by atoms with Crippen LogP contribution in [0.3, 0.4) is 0 Å². The number of anilines is 1. The van der Waals surface area contributed by atoms with Gasteiger partial charge in [0.1, 0.15) is 11.6 Å². The summed E-state index contributed by atoms with van der Waals surface area (Å²) in [7, 11) is 0. The highest BCUT2D eigenvalue weighted by Crippen LogP contribution is 2.53. The van der Waals surface area contributed by atoms with E-state index in [1.165, 1.54) is 21.9 Å². The van der Waals surface area contributed by atoms with E-state index in [1.807, 2.05) is 0 Å². The van der Waals surface area contributed by atoms with Crippen molar-refractivity contribution in [2.24, 2.45) is 0 Å². The number of likely N-dealkylation sites (tertiary alicyclic amines) is 1. The van der Waals surface area contributed by atoms with Crippen molar-refractivity contribution in [3.63, 3.8) is 0 Å². The molecule has 2 amide bonds. The SMILES string of the molecule is C=CCN1C(=O)[C@@]2(C(=C(O)c3ccc(C)c(F)c3)C(=O)C(=O)N2C[C@H]2CCCO2)c2ccccc21. The number of ketones is 1. The van der Waals surface area contributed by atoms with E-state index in [4.69, 9.17) is 4.74 Å². The Morgan fingerprint density at radius 1 is 1.26 bits per heavy atom. The van der Waals surface area contributed by atoms with Crippen LogP contribution in [0, 0.1) is 12.7 Å². The number of amides is 2. The van der Waals surface area contributed by atoms with Gasteiger partial charge in [0.05, 0.1) is 17.4 Å². The molecule has 1 N–H and O–H groups in total. The zero-order valence-corrected chi connectivity index (χ0v) is 19.3. The van der Waals surface area contributed by atoms with Crippen molar-refractivity contribution in [2.45, 2.75) is 31.4 Å². The molecule has 3 aliphatic heterocycles. The van der Waals surface area contributed by atoms with Crippen molar-refractivity contribution in [3.05, 3.63) is 83.2 Å². The molecule has 2 atom stereocenters. The maximum atomic E-state index is 14.4. The number of halogens is 1. The van der Waals surface area contributed by atoms with E-state index in [1.54, 1.807) is 37.3 Å². The lowest BCUT2D eigenvalue weighted by atomic mass is 9.81. The van der Waals surface area contributed by atoms with Gasteiger partial charge in [0.2, 0.25) is 0 Å². The lowest BCUT2D eigenvalue weighted by molar-refractivity contribution is -0.145. The van der Waals surface area contributed by atoms with Crippen molar-refractivity contribution in [3.8, 4) is 0 Å². The average molecular weight is 477 g/mol. The van der Waals surface area contributed by atoms with Crippen LogP contribution in [-0.2, 0) is 24.7 Å². The predicted molar refractivity (Wildman–Crippen MR) is 127 cm³/mol.